The molecule has 4 heteroatoms. The number of aryl methyl sites for hydroxylation is 1. The van der Waals surface area contributed by atoms with Gasteiger partial charge in [-0.2, -0.15) is 0 Å². The van der Waals surface area contributed by atoms with Crippen molar-refractivity contribution >= 4 is 21.7 Å². The smallest absolute Gasteiger partial charge is 0.129 e. The van der Waals surface area contributed by atoms with E-state index in [1.807, 2.05) is 19.1 Å². The molecular weight excluding hydrogens is 280 g/mol. The summed E-state index contributed by atoms with van der Waals surface area (Å²) in [6.45, 7) is 7.12. The summed E-state index contributed by atoms with van der Waals surface area (Å²) < 4.78 is 1.02. The number of rotatable bonds is 6. The van der Waals surface area contributed by atoms with E-state index in [0.29, 0.717) is 12.6 Å². The molecule has 1 heterocycles. The van der Waals surface area contributed by atoms with Crippen LogP contribution in [0.15, 0.2) is 16.6 Å². The van der Waals surface area contributed by atoms with Crippen LogP contribution in [0.1, 0.15) is 32.4 Å². The predicted molar refractivity (Wildman–Crippen MR) is 75.5 cm³/mol. The number of halogens is 1. The Morgan fingerprint density at radius 2 is 2.00 bits per heavy atom. The van der Waals surface area contributed by atoms with Crippen molar-refractivity contribution in [1.82, 2.24) is 4.98 Å². The highest BCUT2D eigenvalue weighted by Gasteiger charge is 2.16. The second-order valence-electron chi connectivity index (χ2n) is 4.12. The number of pyridine rings is 1. The molecule has 0 unspecified atom stereocenters. The summed E-state index contributed by atoms with van der Waals surface area (Å²) in [5, 5.41) is 9.18. The first kappa shape index (κ1) is 14.5. The molecule has 0 amide bonds. The average molecular weight is 301 g/mol. The molecule has 1 aromatic rings. The molecule has 3 nitrogen and oxygen atoms in total. The maximum atomic E-state index is 9.18. The third kappa shape index (κ3) is 3.68. The minimum Gasteiger partial charge on any atom is -0.395 e. The highest BCUT2D eigenvalue weighted by Crippen LogP contribution is 2.22. The van der Waals surface area contributed by atoms with Crippen LogP contribution in [0, 0.1) is 6.92 Å². The summed E-state index contributed by atoms with van der Waals surface area (Å²) in [5.41, 5.74) is 0.983. The van der Waals surface area contributed by atoms with Gasteiger partial charge in [0, 0.05) is 17.1 Å². The Morgan fingerprint density at radius 3 is 2.47 bits per heavy atom. The third-order valence-electron chi connectivity index (χ3n) is 3.03. The number of aliphatic hydroxyl groups excluding tert-OH is 1. The Bertz CT molecular complexity index is 353. The topological polar surface area (TPSA) is 36.4 Å². The molecule has 0 saturated heterocycles. The zero-order valence-corrected chi connectivity index (χ0v) is 12.4. The van der Waals surface area contributed by atoms with E-state index in [1.165, 1.54) is 0 Å². The van der Waals surface area contributed by atoms with Crippen molar-refractivity contribution in [3.05, 3.63) is 22.3 Å². The van der Waals surface area contributed by atoms with Gasteiger partial charge in [-0.3, -0.25) is 0 Å². The largest absolute Gasteiger partial charge is 0.395 e. The molecule has 0 spiro atoms. The van der Waals surface area contributed by atoms with Crippen LogP contribution >= 0.6 is 15.9 Å². The van der Waals surface area contributed by atoms with E-state index in [4.69, 9.17) is 0 Å². The van der Waals surface area contributed by atoms with E-state index >= 15 is 0 Å². The number of hydrogen-bond donors (Lipinski definition) is 1. The van der Waals surface area contributed by atoms with Crippen molar-refractivity contribution in [3.8, 4) is 0 Å². The summed E-state index contributed by atoms with van der Waals surface area (Å²) >= 11 is 3.46. The van der Waals surface area contributed by atoms with Crippen molar-refractivity contribution in [1.29, 1.82) is 0 Å². The van der Waals surface area contributed by atoms with Crippen molar-refractivity contribution in [2.45, 2.75) is 39.7 Å². The molecular formula is C13H21BrN2O. The molecule has 0 aromatic carbocycles. The fourth-order valence-corrected chi connectivity index (χ4v) is 2.23. The van der Waals surface area contributed by atoms with Crippen molar-refractivity contribution in [2.75, 3.05) is 18.1 Å². The van der Waals surface area contributed by atoms with E-state index < -0.39 is 0 Å². The van der Waals surface area contributed by atoms with Crippen LogP contribution in [-0.4, -0.2) is 29.3 Å². The number of hydrogen-bond acceptors (Lipinski definition) is 3. The monoisotopic (exact) mass is 300 g/mol. The second kappa shape index (κ2) is 6.97. The van der Waals surface area contributed by atoms with Crippen LogP contribution in [0.2, 0.25) is 0 Å². The Balaban J connectivity index is 2.99. The molecule has 1 N–H and O–H groups in total. The van der Waals surface area contributed by atoms with E-state index in [1.54, 1.807) is 0 Å². The number of anilines is 1. The second-order valence-corrected chi connectivity index (χ2v) is 4.98. The SMILES string of the molecule is CCC(CC)N(CCO)c1ccc(Br)c(C)n1. The molecule has 0 aliphatic rings. The fraction of sp³-hybridized carbons (Fsp3) is 0.615. The normalized spacial score (nSPS) is 10.9. The van der Waals surface area contributed by atoms with Gasteiger partial charge in [-0.1, -0.05) is 13.8 Å². The van der Waals surface area contributed by atoms with Gasteiger partial charge in [-0.05, 0) is 47.8 Å². The van der Waals surface area contributed by atoms with Crippen molar-refractivity contribution in [2.24, 2.45) is 0 Å². The molecule has 0 bridgehead atoms. The maximum absolute atomic E-state index is 9.18. The third-order valence-corrected chi connectivity index (χ3v) is 3.86. The van der Waals surface area contributed by atoms with Gasteiger partial charge >= 0.3 is 0 Å². The van der Waals surface area contributed by atoms with E-state index in [-0.39, 0.29) is 6.61 Å². The summed E-state index contributed by atoms with van der Waals surface area (Å²) in [4.78, 5) is 6.77. The van der Waals surface area contributed by atoms with Gasteiger partial charge in [0.25, 0.3) is 0 Å². The Hall–Kier alpha value is -0.610. The minimum absolute atomic E-state index is 0.160. The van der Waals surface area contributed by atoms with Crippen LogP contribution in [-0.2, 0) is 0 Å². The molecule has 0 radical (unpaired) electrons. The lowest BCUT2D eigenvalue weighted by Gasteiger charge is -2.31. The molecule has 17 heavy (non-hydrogen) atoms. The van der Waals surface area contributed by atoms with Crippen LogP contribution in [0.4, 0.5) is 5.82 Å². The molecule has 0 atom stereocenters. The summed E-state index contributed by atoms with van der Waals surface area (Å²) in [5.74, 6) is 0.952. The zero-order valence-electron chi connectivity index (χ0n) is 10.8. The van der Waals surface area contributed by atoms with Crippen LogP contribution < -0.4 is 4.90 Å². The fourth-order valence-electron chi connectivity index (χ4n) is 2.01. The number of aromatic nitrogens is 1. The summed E-state index contributed by atoms with van der Waals surface area (Å²) in [6, 6.07) is 4.46. The molecule has 1 rings (SSSR count). The van der Waals surface area contributed by atoms with Gasteiger partial charge in [-0.25, -0.2) is 4.98 Å². The van der Waals surface area contributed by atoms with Gasteiger partial charge in [-0.15, -0.1) is 0 Å². The number of nitrogens with zero attached hydrogens (tertiary/aromatic N) is 2. The Kier molecular flexibility index (Phi) is 5.92. The zero-order chi connectivity index (χ0) is 12.8. The van der Waals surface area contributed by atoms with Gasteiger partial charge in [0.2, 0.25) is 0 Å². The molecule has 1 aromatic heterocycles. The van der Waals surface area contributed by atoms with Crippen molar-refractivity contribution in [3.63, 3.8) is 0 Å². The highest BCUT2D eigenvalue weighted by atomic mass is 79.9. The molecule has 0 fully saturated rings. The van der Waals surface area contributed by atoms with Gasteiger partial charge < -0.3 is 10.0 Å². The van der Waals surface area contributed by atoms with Gasteiger partial charge in [0.15, 0.2) is 0 Å². The van der Waals surface area contributed by atoms with E-state index in [2.05, 4.69) is 39.7 Å². The van der Waals surface area contributed by atoms with E-state index in [0.717, 1.165) is 28.8 Å². The lowest BCUT2D eigenvalue weighted by molar-refractivity contribution is 0.295. The summed E-state index contributed by atoms with van der Waals surface area (Å²) in [7, 11) is 0. The predicted octanol–water partition coefficient (Wildman–Crippen LogP) is 3.14. The van der Waals surface area contributed by atoms with Gasteiger partial charge in [0.1, 0.15) is 5.82 Å². The molecule has 0 aliphatic carbocycles. The first-order chi connectivity index (χ1) is 8.13. The van der Waals surface area contributed by atoms with Gasteiger partial charge in [0.05, 0.1) is 12.3 Å². The van der Waals surface area contributed by atoms with E-state index in [9.17, 15) is 5.11 Å². The standard InChI is InChI=1S/C13H21BrN2O/c1-4-11(5-2)16(8-9-17)13-7-6-12(14)10(3)15-13/h6-7,11,17H,4-5,8-9H2,1-3H3. The molecule has 0 saturated carbocycles. The first-order valence-corrected chi connectivity index (χ1v) is 6.93. The first-order valence-electron chi connectivity index (χ1n) is 6.14. The average Bonchev–Trinajstić information content (AvgIpc) is 2.33. The van der Waals surface area contributed by atoms with Crippen LogP contribution in [0.3, 0.4) is 0 Å². The Morgan fingerprint density at radius 1 is 1.35 bits per heavy atom. The molecule has 0 aliphatic heterocycles. The quantitative estimate of drug-likeness (QED) is 0.877. The lowest BCUT2D eigenvalue weighted by atomic mass is 10.1. The van der Waals surface area contributed by atoms with Crippen molar-refractivity contribution < 1.29 is 5.11 Å². The Labute approximate surface area is 112 Å². The maximum Gasteiger partial charge on any atom is 0.129 e. The summed E-state index contributed by atoms with van der Waals surface area (Å²) in [6.07, 6.45) is 2.13. The minimum atomic E-state index is 0.160. The number of aliphatic hydroxyl groups is 1. The van der Waals surface area contributed by atoms with Crippen LogP contribution in [0.5, 0.6) is 0 Å². The lowest BCUT2D eigenvalue weighted by Crippen LogP contribution is -2.37. The molecule has 96 valence electrons. The van der Waals surface area contributed by atoms with Crippen LogP contribution in [0.25, 0.3) is 0 Å². The highest BCUT2D eigenvalue weighted by molar-refractivity contribution is 9.10.